The topological polar surface area (TPSA) is 34.1 Å². The lowest BCUT2D eigenvalue weighted by molar-refractivity contribution is 0.603. The van der Waals surface area contributed by atoms with Crippen molar-refractivity contribution in [2.75, 3.05) is 0 Å². The average molecular weight is 285 g/mol. The molecule has 18 heavy (non-hydrogen) atoms. The third-order valence-electron chi connectivity index (χ3n) is 2.58. The Morgan fingerprint density at radius 1 is 1.06 bits per heavy atom. The van der Waals surface area contributed by atoms with Crippen LogP contribution in [0, 0.1) is 12.7 Å². The summed E-state index contributed by atoms with van der Waals surface area (Å²) in [6.07, 6.45) is 0. The molecule has 0 radical (unpaired) electrons. The van der Waals surface area contributed by atoms with E-state index in [-0.39, 0.29) is 4.90 Å². The van der Waals surface area contributed by atoms with Gasteiger partial charge in [0.05, 0.1) is 4.90 Å². The van der Waals surface area contributed by atoms with Crippen LogP contribution in [-0.4, -0.2) is 8.42 Å². The molecule has 0 amide bonds. The van der Waals surface area contributed by atoms with Crippen LogP contribution in [0.4, 0.5) is 4.39 Å². The van der Waals surface area contributed by atoms with E-state index in [1.54, 1.807) is 12.1 Å². The van der Waals surface area contributed by atoms with Gasteiger partial charge in [-0.1, -0.05) is 35.9 Å². The van der Waals surface area contributed by atoms with E-state index in [1.807, 2.05) is 19.1 Å². The van der Waals surface area contributed by atoms with E-state index >= 15 is 0 Å². The first-order valence-electron chi connectivity index (χ1n) is 5.19. The van der Waals surface area contributed by atoms with E-state index in [0.717, 1.165) is 11.6 Å². The van der Waals surface area contributed by atoms with Crippen molar-refractivity contribution in [2.24, 2.45) is 0 Å². The lowest BCUT2D eigenvalue weighted by atomic mass is 10.0. The van der Waals surface area contributed by atoms with Crippen LogP contribution in [0.3, 0.4) is 0 Å². The minimum absolute atomic E-state index is 0.238. The van der Waals surface area contributed by atoms with Gasteiger partial charge in [-0.25, -0.2) is 12.8 Å². The molecule has 0 aliphatic carbocycles. The number of hydrogen-bond acceptors (Lipinski definition) is 2. The highest BCUT2D eigenvalue weighted by molar-refractivity contribution is 8.13. The molecule has 5 heteroatoms. The van der Waals surface area contributed by atoms with E-state index in [1.165, 1.54) is 12.1 Å². The molecular weight excluding hydrogens is 275 g/mol. The molecule has 0 bridgehead atoms. The third-order valence-corrected chi connectivity index (χ3v) is 3.94. The number of halogens is 2. The second-order valence-electron chi connectivity index (χ2n) is 3.95. The van der Waals surface area contributed by atoms with E-state index < -0.39 is 14.9 Å². The Morgan fingerprint density at radius 3 is 2.17 bits per heavy atom. The maximum Gasteiger partial charge on any atom is 0.261 e. The molecular formula is C13H10ClFO2S. The van der Waals surface area contributed by atoms with Crippen LogP contribution >= 0.6 is 10.7 Å². The van der Waals surface area contributed by atoms with Gasteiger partial charge < -0.3 is 0 Å². The Hall–Kier alpha value is -1.39. The summed E-state index contributed by atoms with van der Waals surface area (Å²) in [5.74, 6) is -0.611. The molecule has 0 fully saturated rings. The average Bonchev–Trinajstić information content (AvgIpc) is 2.29. The van der Waals surface area contributed by atoms with Crippen molar-refractivity contribution in [1.29, 1.82) is 0 Å². The fourth-order valence-electron chi connectivity index (χ4n) is 1.61. The monoisotopic (exact) mass is 284 g/mol. The van der Waals surface area contributed by atoms with Crippen LogP contribution < -0.4 is 0 Å². The Labute approximate surface area is 109 Å². The lowest BCUT2D eigenvalue weighted by Gasteiger charge is -2.05. The van der Waals surface area contributed by atoms with E-state index in [2.05, 4.69) is 0 Å². The molecule has 2 rings (SSSR count). The van der Waals surface area contributed by atoms with Crippen molar-refractivity contribution < 1.29 is 12.8 Å². The first-order valence-corrected chi connectivity index (χ1v) is 7.50. The summed E-state index contributed by atoms with van der Waals surface area (Å²) in [5.41, 5.74) is 2.11. The van der Waals surface area contributed by atoms with E-state index in [4.69, 9.17) is 10.7 Å². The molecule has 0 unspecified atom stereocenters. The highest BCUT2D eigenvalue weighted by Gasteiger charge is 2.13. The predicted molar refractivity (Wildman–Crippen MR) is 69.6 cm³/mol. The van der Waals surface area contributed by atoms with Crippen LogP contribution in [0.5, 0.6) is 0 Å². The molecule has 0 aromatic heterocycles. The molecule has 0 atom stereocenters. The fraction of sp³-hybridized carbons (Fsp3) is 0.0769. The maximum atomic E-state index is 13.8. The Kier molecular flexibility index (Phi) is 3.41. The van der Waals surface area contributed by atoms with Crippen LogP contribution in [0.1, 0.15) is 5.56 Å². The SMILES string of the molecule is Cc1ccc(-c2ccc(S(=O)(=O)Cl)cc2F)cc1. The zero-order valence-corrected chi connectivity index (χ0v) is 11.1. The zero-order chi connectivity index (χ0) is 13.3. The van der Waals surface area contributed by atoms with Crippen LogP contribution in [0.25, 0.3) is 11.1 Å². The molecule has 0 aliphatic rings. The molecule has 0 spiro atoms. The van der Waals surface area contributed by atoms with Gasteiger partial charge in [-0.15, -0.1) is 0 Å². The molecule has 0 aliphatic heterocycles. The summed E-state index contributed by atoms with van der Waals surface area (Å²) in [7, 11) is 1.26. The van der Waals surface area contributed by atoms with Gasteiger partial charge in [0, 0.05) is 16.2 Å². The highest BCUT2D eigenvalue weighted by Crippen LogP contribution is 2.26. The smallest absolute Gasteiger partial charge is 0.207 e. The van der Waals surface area contributed by atoms with Crippen molar-refractivity contribution in [1.82, 2.24) is 0 Å². The quantitative estimate of drug-likeness (QED) is 0.788. The Bertz CT molecular complexity index is 679. The molecule has 0 saturated heterocycles. The molecule has 2 aromatic carbocycles. The van der Waals surface area contributed by atoms with Gasteiger partial charge in [0.25, 0.3) is 9.05 Å². The van der Waals surface area contributed by atoms with Gasteiger partial charge in [0.1, 0.15) is 5.82 Å². The second-order valence-corrected chi connectivity index (χ2v) is 6.51. The van der Waals surface area contributed by atoms with Gasteiger partial charge in [-0.05, 0) is 24.6 Å². The second kappa shape index (κ2) is 4.71. The van der Waals surface area contributed by atoms with Gasteiger partial charge in [-0.3, -0.25) is 0 Å². The molecule has 2 nitrogen and oxygen atoms in total. The molecule has 0 N–H and O–H groups in total. The summed E-state index contributed by atoms with van der Waals surface area (Å²) in [4.78, 5) is -0.238. The molecule has 94 valence electrons. The summed E-state index contributed by atoms with van der Waals surface area (Å²) >= 11 is 0. The van der Waals surface area contributed by atoms with Crippen LogP contribution in [0.2, 0.25) is 0 Å². The minimum Gasteiger partial charge on any atom is -0.207 e. The number of benzene rings is 2. The van der Waals surface area contributed by atoms with Gasteiger partial charge in [0.15, 0.2) is 0 Å². The Balaban J connectivity index is 2.51. The van der Waals surface area contributed by atoms with Gasteiger partial charge in [0.2, 0.25) is 0 Å². The standard InChI is InChI=1S/C13H10ClFO2S/c1-9-2-4-10(5-3-9)12-7-6-11(8-13(12)15)18(14,16)17/h2-8H,1H3. The van der Waals surface area contributed by atoms with Crippen LogP contribution in [0.15, 0.2) is 47.4 Å². The lowest BCUT2D eigenvalue weighted by Crippen LogP contribution is -1.93. The maximum absolute atomic E-state index is 13.8. The first-order chi connectivity index (χ1) is 8.38. The van der Waals surface area contributed by atoms with Crippen LogP contribution in [-0.2, 0) is 9.05 Å². The predicted octanol–water partition coefficient (Wildman–Crippen LogP) is 3.73. The van der Waals surface area contributed by atoms with Crippen molar-refractivity contribution in [3.8, 4) is 11.1 Å². The summed E-state index contributed by atoms with van der Waals surface area (Å²) < 4.78 is 36.0. The number of hydrogen-bond donors (Lipinski definition) is 0. The molecule has 2 aromatic rings. The summed E-state index contributed by atoms with van der Waals surface area (Å²) in [6.45, 7) is 1.93. The van der Waals surface area contributed by atoms with E-state index in [9.17, 15) is 12.8 Å². The number of rotatable bonds is 2. The summed E-state index contributed by atoms with van der Waals surface area (Å²) in [5, 5.41) is 0. The molecule has 0 heterocycles. The Morgan fingerprint density at radius 2 is 1.67 bits per heavy atom. The van der Waals surface area contributed by atoms with Crippen molar-refractivity contribution >= 4 is 19.7 Å². The highest BCUT2D eigenvalue weighted by atomic mass is 35.7. The van der Waals surface area contributed by atoms with Crippen molar-refractivity contribution in [3.63, 3.8) is 0 Å². The van der Waals surface area contributed by atoms with Crippen molar-refractivity contribution in [3.05, 3.63) is 53.8 Å². The van der Waals surface area contributed by atoms with Gasteiger partial charge >= 0.3 is 0 Å². The summed E-state index contributed by atoms with van der Waals surface area (Å²) in [6, 6.07) is 10.9. The fourth-order valence-corrected chi connectivity index (χ4v) is 2.38. The first kappa shape index (κ1) is 13.1. The van der Waals surface area contributed by atoms with Gasteiger partial charge in [-0.2, -0.15) is 0 Å². The van der Waals surface area contributed by atoms with E-state index in [0.29, 0.717) is 11.1 Å². The largest absolute Gasteiger partial charge is 0.261 e. The van der Waals surface area contributed by atoms with Crippen molar-refractivity contribution in [2.45, 2.75) is 11.8 Å². The normalized spacial score (nSPS) is 11.5. The molecule has 0 saturated carbocycles. The number of aryl methyl sites for hydroxylation is 1. The zero-order valence-electron chi connectivity index (χ0n) is 9.52. The minimum atomic E-state index is -3.90. The third kappa shape index (κ3) is 2.71.